The minimum atomic E-state index is -0.433. The molecule has 132 valence electrons. The van der Waals surface area contributed by atoms with E-state index in [4.69, 9.17) is 4.74 Å². The summed E-state index contributed by atoms with van der Waals surface area (Å²) < 4.78 is 8.51. The summed E-state index contributed by atoms with van der Waals surface area (Å²) in [6.45, 7) is 6.15. The first-order valence-electron chi connectivity index (χ1n) is 8.21. The number of hydrogen-bond donors (Lipinski definition) is 1. The smallest absolute Gasteiger partial charge is 0.248 e. The van der Waals surface area contributed by atoms with Crippen molar-refractivity contribution in [3.63, 3.8) is 0 Å². The van der Waals surface area contributed by atoms with Gasteiger partial charge in [0.1, 0.15) is 11.8 Å². The number of halogens is 1. The molecule has 1 aliphatic rings. The predicted octanol–water partition coefficient (Wildman–Crippen LogP) is 3.49. The lowest BCUT2D eigenvalue weighted by atomic mass is 9.92. The van der Waals surface area contributed by atoms with E-state index >= 15 is 0 Å². The first kappa shape index (κ1) is 17.6. The molecule has 1 unspecified atom stereocenters. The van der Waals surface area contributed by atoms with Gasteiger partial charge in [0, 0.05) is 21.3 Å². The standard InChI is InChI=1S/C17H20BrN5O2/c1-4-5-8-25-14-7-6-12(18)9-13(14)16-15(11(3)24)10(2)19-17-20-21-22-23(16)17/h6-7,9,16H,4-5,8H2,1-3H3,(H,19,20,22). The zero-order valence-electron chi connectivity index (χ0n) is 14.4. The van der Waals surface area contributed by atoms with Crippen LogP contribution in [0.4, 0.5) is 5.95 Å². The summed E-state index contributed by atoms with van der Waals surface area (Å²) in [6.07, 6.45) is 2.01. The molecule has 0 amide bonds. The van der Waals surface area contributed by atoms with Crippen LogP contribution in [0.5, 0.6) is 5.75 Å². The highest BCUT2D eigenvalue weighted by Gasteiger charge is 2.34. The Morgan fingerprint density at radius 2 is 2.24 bits per heavy atom. The maximum atomic E-state index is 12.3. The number of nitrogens with zero attached hydrogens (tertiary/aromatic N) is 4. The third kappa shape index (κ3) is 3.44. The molecule has 1 atom stereocenters. The molecule has 0 saturated heterocycles. The second-order valence-corrected chi connectivity index (χ2v) is 6.87. The van der Waals surface area contributed by atoms with Gasteiger partial charge in [0.2, 0.25) is 5.95 Å². The maximum absolute atomic E-state index is 12.3. The Morgan fingerprint density at radius 1 is 1.44 bits per heavy atom. The number of ketones is 1. The highest BCUT2D eigenvalue weighted by atomic mass is 79.9. The van der Waals surface area contributed by atoms with Crippen LogP contribution in [0.3, 0.4) is 0 Å². The fourth-order valence-corrected chi connectivity index (χ4v) is 3.33. The van der Waals surface area contributed by atoms with Gasteiger partial charge in [-0.05, 0) is 48.9 Å². The van der Waals surface area contributed by atoms with E-state index in [1.807, 2.05) is 25.1 Å². The van der Waals surface area contributed by atoms with Gasteiger partial charge in [-0.15, -0.1) is 0 Å². The van der Waals surface area contributed by atoms with E-state index in [1.54, 1.807) is 11.6 Å². The van der Waals surface area contributed by atoms with Crippen LogP contribution in [0.25, 0.3) is 0 Å². The van der Waals surface area contributed by atoms with Crippen molar-refractivity contribution >= 4 is 27.7 Å². The molecule has 2 heterocycles. The maximum Gasteiger partial charge on any atom is 0.248 e. The van der Waals surface area contributed by atoms with Crippen molar-refractivity contribution in [1.29, 1.82) is 0 Å². The number of fused-ring (bicyclic) bond motifs is 1. The number of tetrazole rings is 1. The van der Waals surface area contributed by atoms with Crippen molar-refractivity contribution in [2.24, 2.45) is 0 Å². The molecule has 8 heteroatoms. The molecule has 0 fully saturated rings. The molecule has 0 aliphatic carbocycles. The fourth-order valence-electron chi connectivity index (χ4n) is 2.95. The number of anilines is 1. The minimum absolute atomic E-state index is 0.0318. The van der Waals surface area contributed by atoms with Gasteiger partial charge in [0.05, 0.1) is 6.61 Å². The van der Waals surface area contributed by atoms with Crippen molar-refractivity contribution in [2.75, 3.05) is 11.9 Å². The van der Waals surface area contributed by atoms with E-state index in [1.165, 1.54) is 0 Å². The number of ether oxygens (including phenoxy) is 1. The first-order valence-corrected chi connectivity index (χ1v) is 9.01. The largest absolute Gasteiger partial charge is 0.493 e. The van der Waals surface area contributed by atoms with Crippen molar-refractivity contribution in [3.8, 4) is 5.75 Å². The summed E-state index contributed by atoms with van der Waals surface area (Å²) in [6, 6.07) is 5.36. The van der Waals surface area contributed by atoms with Crippen LogP contribution < -0.4 is 10.1 Å². The molecule has 1 aromatic carbocycles. The number of carbonyl (C=O) groups excluding carboxylic acids is 1. The van der Waals surface area contributed by atoms with Crippen LogP contribution in [0.15, 0.2) is 33.9 Å². The molecular formula is C17H20BrN5O2. The van der Waals surface area contributed by atoms with Crippen LogP contribution in [0.2, 0.25) is 0 Å². The zero-order chi connectivity index (χ0) is 18.0. The number of carbonyl (C=O) groups is 1. The Kier molecular flexibility index (Phi) is 5.17. The molecule has 3 rings (SSSR count). The molecule has 0 radical (unpaired) electrons. The summed E-state index contributed by atoms with van der Waals surface area (Å²) in [4.78, 5) is 12.3. The van der Waals surface area contributed by atoms with E-state index in [-0.39, 0.29) is 5.78 Å². The molecular weight excluding hydrogens is 386 g/mol. The molecule has 1 aliphatic heterocycles. The fraction of sp³-hybridized carbons (Fsp3) is 0.412. The van der Waals surface area contributed by atoms with Gasteiger partial charge in [0.25, 0.3) is 0 Å². The minimum Gasteiger partial charge on any atom is -0.493 e. The van der Waals surface area contributed by atoms with Gasteiger partial charge < -0.3 is 10.1 Å². The second-order valence-electron chi connectivity index (χ2n) is 5.95. The van der Waals surface area contributed by atoms with Crippen LogP contribution in [0.1, 0.15) is 45.2 Å². The third-order valence-corrected chi connectivity index (χ3v) is 4.61. The van der Waals surface area contributed by atoms with Crippen LogP contribution in [-0.2, 0) is 4.79 Å². The molecule has 25 heavy (non-hydrogen) atoms. The monoisotopic (exact) mass is 405 g/mol. The number of hydrogen-bond acceptors (Lipinski definition) is 6. The number of unbranched alkanes of at least 4 members (excludes halogenated alkanes) is 1. The Labute approximate surface area is 154 Å². The second kappa shape index (κ2) is 7.35. The quantitative estimate of drug-likeness (QED) is 0.740. The van der Waals surface area contributed by atoms with E-state index in [0.717, 1.165) is 34.3 Å². The molecule has 0 bridgehead atoms. The lowest BCUT2D eigenvalue weighted by Gasteiger charge is -2.28. The number of rotatable bonds is 6. The average molecular weight is 406 g/mol. The number of aromatic nitrogens is 4. The summed E-state index contributed by atoms with van der Waals surface area (Å²) >= 11 is 3.51. The van der Waals surface area contributed by atoms with Gasteiger partial charge in [-0.1, -0.05) is 34.4 Å². The Morgan fingerprint density at radius 3 is 2.96 bits per heavy atom. The number of benzene rings is 1. The van der Waals surface area contributed by atoms with Gasteiger partial charge >= 0.3 is 0 Å². The van der Waals surface area contributed by atoms with Gasteiger partial charge in [-0.25, -0.2) is 0 Å². The van der Waals surface area contributed by atoms with E-state index < -0.39 is 6.04 Å². The van der Waals surface area contributed by atoms with Crippen molar-refractivity contribution in [2.45, 2.75) is 39.7 Å². The summed E-state index contributed by atoms with van der Waals surface area (Å²) in [5, 5.41) is 14.9. The predicted molar refractivity (Wildman–Crippen MR) is 97.5 cm³/mol. The van der Waals surface area contributed by atoms with Gasteiger partial charge in [0.15, 0.2) is 5.78 Å². The molecule has 2 aromatic rings. The van der Waals surface area contributed by atoms with Crippen molar-refractivity contribution < 1.29 is 9.53 Å². The number of nitrogens with one attached hydrogen (secondary N) is 1. The van der Waals surface area contributed by atoms with Crippen LogP contribution >= 0.6 is 15.9 Å². The van der Waals surface area contributed by atoms with Crippen LogP contribution in [0, 0.1) is 0 Å². The molecule has 7 nitrogen and oxygen atoms in total. The summed E-state index contributed by atoms with van der Waals surface area (Å²) in [7, 11) is 0. The summed E-state index contributed by atoms with van der Waals surface area (Å²) in [5.74, 6) is 1.21. The summed E-state index contributed by atoms with van der Waals surface area (Å²) in [5.41, 5.74) is 2.22. The molecule has 1 aromatic heterocycles. The highest BCUT2D eigenvalue weighted by Crippen LogP contribution is 2.40. The average Bonchev–Trinajstić information content (AvgIpc) is 3.02. The third-order valence-electron chi connectivity index (χ3n) is 4.12. The van der Waals surface area contributed by atoms with Crippen molar-refractivity contribution in [3.05, 3.63) is 39.5 Å². The van der Waals surface area contributed by atoms with Crippen LogP contribution in [-0.4, -0.2) is 32.6 Å². The van der Waals surface area contributed by atoms with Gasteiger partial charge in [-0.3, -0.25) is 4.79 Å². The molecule has 0 saturated carbocycles. The molecule has 1 N–H and O–H groups in total. The SMILES string of the molecule is CCCCOc1ccc(Br)cc1C1C(C(C)=O)=C(C)Nc2nnnn21. The van der Waals surface area contributed by atoms with E-state index in [2.05, 4.69) is 43.7 Å². The number of Topliss-reactive ketones (excluding diaryl/α,β-unsaturated/α-hetero) is 1. The Balaban J connectivity index is 2.13. The van der Waals surface area contributed by atoms with E-state index in [0.29, 0.717) is 18.1 Å². The first-order chi connectivity index (χ1) is 12.0. The van der Waals surface area contributed by atoms with Gasteiger partial charge in [-0.2, -0.15) is 4.68 Å². The lowest BCUT2D eigenvalue weighted by molar-refractivity contribution is -0.114. The Hall–Kier alpha value is -2.22. The Bertz CT molecular complexity index is 830. The van der Waals surface area contributed by atoms with E-state index in [9.17, 15) is 4.79 Å². The normalized spacial score (nSPS) is 16.4. The molecule has 0 spiro atoms. The lowest BCUT2D eigenvalue weighted by Crippen LogP contribution is -2.28. The number of allylic oxidation sites excluding steroid dienone is 2. The van der Waals surface area contributed by atoms with Crippen molar-refractivity contribution in [1.82, 2.24) is 20.2 Å². The topological polar surface area (TPSA) is 81.9 Å². The zero-order valence-corrected chi connectivity index (χ0v) is 16.0. The highest BCUT2D eigenvalue weighted by molar-refractivity contribution is 9.10.